The Morgan fingerprint density at radius 1 is 1.65 bits per heavy atom. The minimum Gasteiger partial charge on any atom is -0.497 e. The molecule has 92 valence electrons. The van der Waals surface area contributed by atoms with Crippen molar-refractivity contribution in [2.45, 2.75) is 4.90 Å². The van der Waals surface area contributed by atoms with Crippen LogP contribution in [0.1, 0.15) is 0 Å². The second-order valence-corrected chi connectivity index (χ2v) is 4.30. The van der Waals surface area contributed by atoms with Gasteiger partial charge in [0.25, 0.3) is 0 Å². The van der Waals surface area contributed by atoms with E-state index < -0.39 is 0 Å². The van der Waals surface area contributed by atoms with E-state index >= 15 is 0 Å². The van der Waals surface area contributed by atoms with Gasteiger partial charge in [0.05, 0.1) is 12.9 Å². The summed E-state index contributed by atoms with van der Waals surface area (Å²) in [5.74, 6) is 1.01. The molecular formula is C12H16N2O2S. The molecule has 5 heteroatoms. The average Bonchev–Trinajstić information content (AvgIpc) is 2.35. The van der Waals surface area contributed by atoms with Gasteiger partial charge in [-0.15, -0.1) is 18.3 Å². The van der Waals surface area contributed by atoms with E-state index in [0.29, 0.717) is 18.0 Å². The van der Waals surface area contributed by atoms with Gasteiger partial charge in [0.15, 0.2) is 0 Å². The summed E-state index contributed by atoms with van der Waals surface area (Å²) in [6, 6.07) is 5.38. The highest BCUT2D eigenvalue weighted by atomic mass is 32.2. The molecule has 4 nitrogen and oxygen atoms in total. The Morgan fingerprint density at radius 3 is 3.06 bits per heavy atom. The SMILES string of the molecule is C=CCNC(=O)CSc1cc(OC)ccc1N. The Balaban J connectivity index is 2.56. The van der Waals surface area contributed by atoms with E-state index in [0.717, 1.165) is 10.6 Å². The first kappa shape index (κ1) is 13.4. The van der Waals surface area contributed by atoms with Crippen molar-refractivity contribution >= 4 is 23.4 Å². The number of ether oxygens (including phenoxy) is 1. The maximum absolute atomic E-state index is 11.4. The van der Waals surface area contributed by atoms with E-state index in [9.17, 15) is 4.79 Å². The molecule has 0 aromatic heterocycles. The number of hydrogen-bond donors (Lipinski definition) is 2. The van der Waals surface area contributed by atoms with Crippen LogP contribution in [-0.2, 0) is 4.79 Å². The van der Waals surface area contributed by atoms with Crippen LogP contribution in [0, 0.1) is 0 Å². The lowest BCUT2D eigenvalue weighted by molar-refractivity contribution is -0.118. The van der Waals surface area contributed by atoms with Crippen molar-refractivity contribution in [3.63, 3.8) is 0 Å². The number of carbonyl (C=O) groups is 1. The molecule has 0 aliphatic carbocycles. The van der Waals surface area contributed by atoms with Crippen LogP contribution >= 0.6 is 11.8 Å². The molecule has 1 aromatic rings. The summed E-state index contributed by atoms with van der Waals surface area (Å²) < 4.78 is 5.10. The lowest BCUT2D eigenvalue weighted by Gasteiger charge is -2.07. The summed E-state index contributed by atoms with van der Waals surface area (Å²) in [5, 5.41) is 2.70. The van der Waals surface area contributed by atoms with Crippen LogP contribution in [0.3, 0.4) is 0 Å². The first-order valence-electron chi connectivity index (χ1n) is 5.11. The molecule has 0 aliphatic heterocycles. The van der Waals surface area contributed by atoms with Crippen LogP contribution in [0.2, 0.25) is 0 Å². The number of nitrogen functional groups attached to an aromatic ring is 1. The molecule has 0 spiro atoms. The number of amides is 1. The van der Waals surface area contributed by atoms with Gasteiger partial charge in [-0.2, -0.15) is 0 Å². The van der Waals surface area contributed by atoms with Gasteiger partial charge in [-0.1, -0.05) is 6.08 Å². The van der Waals surface area contributed by atoms with Crippen LogP contribution in [0.25, 0.3) is 0 Å². The molecule has 0 saturated heterocycles. The Morgan fingerprint density at radius 2 is 2.41 bits per heavy atom. The Labute approximate surface area is 105 Å². The Kier molecular flexibility index (Phi) is 5.42. The maximum Gasteiger partial charge on any atom is 0.230 e. The summed E-state index contributed by atoms with van der Waals surface area (Å²) in [5.41, 5.74) is 6.45. The number of carbonyl (C=O) groups excluding carboxylic acids is 1. The van der Waals surface area contributed by atoms with Gasteiger partial charge in [0.2, 0.25) is 5.91 Å². The van der Waals surface area contributed by atoms with Gasteiger partial charge in [-0.25, -0.2) is 0 Å². The standard InChI is InChI=1S/C12H16N2O2S/c1-3-6-14-12(15)8-17-11-7-9(16-2)4-5-10(11)13/h3-5,7H,1,6,8,13H2,2H3,(H,14,15). The smallest absolute Gasteiger partial charge is 0.230 e. The normalized spacial score (nSPS) is 9.71. The third-order valence-corrected chi connectivity index (χ3v) is 3.09. The predicted molar refractivity (Wildman–Crippen MR) is 71.3 cm³/mol. The predicted octanol–water partition coefficient (Wildman–Crippen LogP) is 1.67. The Bertz CT molecular complexity index is 407. The molecule has 0 bridgehead atoms. The van der Waals surface area contributed by atoms with Crippen molar-refractivity contribution in [1.82, 2.24) is 5.32 Å². The second kappa shape index (κ2) is 6.85. The minimum absolute atomic E-state index is 0.0443. The van der Waals surface area contributed by atoms with Crippen molar-refractivity contribution in [1.29, 1.82) is 0 Å². The molecule has 17 heavy (non-hydrogen) atoms. The number of nitrogens with two attached hydrogens (primary N) is 1. The topological polar surface area (TPSA) is 64.3 Å². The molecule has 3 N–H and O–H groups in total. The monoisotopic (exact) mass is 252 g/mol. The van der Waals surface area contributed by atoms with Crippen LogP contribution in [0.5, 0.6) is 5.75 Å². The summed E-state index contributed by atoms with van der Waals surface area (Å²) in [4.78, 5) is 12.2. The van der Waals surface area contributed by atoms with Crippen molar-refractivity contribution in [2.24, 2.45) is 0 Å². The van der Waals surface area contributed by atoms with E-state index in [1.54, 1.807) is 25.3 Å². The van der Waals surface area contributed by atoms with E-state index in [-0.39, 0.29) is 5.91 Å². The summed E-state index contributed by atoms with van der Waals surface area (Å²) in [6.07, 6.45) is 1.64. The number of nitrogens with one attached hydrogen (secondary N) is 1. The number of thioether (sulfide) groups is 1. The average molecular weight is 252 g/mol. The van der Waals surface area contributed by atoms with Gasteiger partial charge in [0, 0.05) is 17.1 Å². The number of anilines is 1. The zero-order valence-electron chi connectivity index (χ0n) is 9.73. The summed E-state index contributed by atoms with van der Waals surface area (Å²) in [6.45, 7) is 4.01. The first-order valence-corrected chi connectivity index (χ1v) is 6.10. The third kappa shape index (κ3) is 4.40. The van der Waals surface area contributed by atoms with Crippen molar-refractivity contribution in [3.8, 4) is 5.75 Å². The van der Waals surface area contributed by atoms with E-state index in [1.165, 1.54) is 11.8 Å². The largest absolute Gasteiger partial charge is 0.497 e. The van der Waals surface area contributed by atoms with Crippen LogP contribution in [0.4, 0.5) is 5.69 Å². The fourth-order valence-electron chi connectivity index (χ4n) is 1.15. The van der Waals surface area contributed by atoms with Crippen molar-refractivity contribution in [2.75, 3.05) is 25.1 Å². The third-order valence-electron chi connectivity index (χ3n) is 2.02. The van der Waals surface area contributed by atoms with Gasteiger partial charge >= 0.3 is 0 Å². The van der Waals surface area contributed by atoms with Crippen molar-refractivity contribution in [3.05, 3.63) is 30.9 Å². The number of hydrogen-bond acceptors (Lipinski definition) is 4. The van der Waals surface area contributed by atoms with Crippen LogP contribution in [0.15, 0.2) is 35.7 Å². The molecule has 1 amide bonds. The van der Waals surface area contributed by atoms with Gasteiger partial charge in [-0.05, 0) is 18.2 Å². The minimum atomic E-state index is -0.0443. The first-order chi connectivity index (χ1) is 8.17. The lowest BCUT2D eigenvalue weighted by Crippen LogP contribution is -2.24. The molecule has 0 saturated carbocycles. The molecular weight excluding hydrogens is 236 g/mol. The van der Waals surface area contributed by atoms with Gasteiger partial charge in [-0.3, -0.25) is 4.79 Å². The molecule has 0 atom stereocenters. The van der Waals surface area contributed by atoms with Crippen LogP contribution < -0.4 is 15.8 Å². The lowest BCUT2D eigenvalue weighted by atomic mass is 10.3. The fourth-order valence-corrected chi connectivity index (χ4v) is 1.97. The molecule has 0 aliphatic rings. The quantitative estimate of drug-likeness (QED) is 0.459. The summed E-state index contributed by atoms with van der Waals surface area (Å²) in [7, 11) is 1.59. The molecule has 0 fully saturated rings. The molecule has 1 aromatic carbocycles. The van der Waals surface area contributed by atoms with E-state index in [2.05, 4.69) is 11.9 Å². The van der Waals surface area contributed by atoms with Crippen molar-refractivity contribution < 1.29 is 9.53 Å². The maximum atomic E-state index is 11.4. The fraction of sp³-hybridized carbons (Fsp3) is 0.250. The zero-order chi connectivity index (χ0) is 12.7. The molecule has 0 unspecified atom stereocenters. The second-order valence-electron chi connectivity index (χ2n) is 3.29. The van der Waals surface area contributed by atoms with E-state index in [1.807, 2.05) is 6.07 Å². The molecule has 1 rings (SSSR count). The van der Waals surface area contributed by atoms with Crippen LogP contribution in [-0.4, -0.2) is 25.3 Å². The highest BCUT2D eigenvalue weighted by Gasteiger charge is 2.05. The molecule has 0 heterocycles. The van der Waals surface area contributed by atoms with Gasteiger partial charge in [0.1, 0.15) is 5.75 Å². The van der Waals surface area contributed by atoms with Gasteiger partial charge < -0.3 is 15.8 Å². The molecule has 0 radical (unpaired) electrons. The number of benzene rings is 1. The van der Waals surface area contributed by atoms with E-state index in [4.69, 9.17) is 10.5 Å². The zero-order valence-corrected chi connectivity index (χ0v) is 10.5. The highest BCUT2D eigenvalue weighted by molar-refractivity contribution is 8.00. The highest BCUT2D eigenvalue weighted by Crippen LogP contribution is 2.28. The summed E-state index contributed by atoms with van der Waals surface area (Å²) >= 11 is 1.38. The Hall–Kier alpha value is -1.62. The number of methoxy groups -OCH3 is 1. The number of rotatable bonds is 6.